The third-order valence-corrected chi connectivity index (χ3v) is 3.90. The topological polar surface area (TPSA) is 75.4 Å². The molecule has 0 aliphatic rings. The number of anilines is 1. The van der Waals surface area contributed by atoms with E-state index in [1.54, 1.807) is 20.0 Å². The number of carbonyl (C=O) groups is 2. The van der Waals surface area contributed by atoms with E-state index in [9.17, 15) is 9.59 Å². The highest BCUT2D eigenvalue weighted by Gasteiger charge is 2.14. The van der Waals surface area contributed by atoms with E-state index >= 15 is 0 Å². The molecule has 0 aliphatic heterocycles. The fraction of sp³-hybridized carbons (Fsp3) is 0.421. The summed E-state index contributed by atoms with van der Waals surface area (Å²) in [5.74, 6) is 0.556. The van der Waals surface area contributed by atoms with E-state index in [0.717, 1.165) is 12.0 Å². The number of nitrogens with zero attached hydrogens (tertiary/aromatic N) is 2. The van der Waals surface area contributed by atoms with Gasteiger partial charge in [-0.2, -0.15) is 0 Å². The molecule has 0 bridgehead atoms. The summed E-state index contributed by atoms with van der Waals surface area (Å²) in [6.07, 6.45) is 3.68. The van der Waals surface area contributed by atoms with E-state index in [1.165, 1.54) is 23.3 Å². The normalized spacial score (nSPS) is 10.5. The van der Waals surface area contributed by atoms with Crippen LogP contribution in [0.4, 0.5) is 5.82 Å². The van der Waals surface area contributed by atoms with E-state index in [2.05, 4.69) is 29.5 Å². The number of amides is 2. The summed E-state index contributed by atoms with van der Waals surface area (Å²) in [5.41, 5.74) is 2.23. The number of carbonyl (C=O) groups excluding carboxylic acids is 2. The predicted octanol–water partition coefficient (Wildman–Crippen LogP) is 2.97. The van der Waals surface area contributed by atoms with Gasteiger partial charge in [-0.1, -0.05) is 42.8 Å². The number of hydrogen-bond donors (Lipinski definition) is 1. The van der Waals surface area contributed by atoms with Crippen LogP contribution >= 0.6 is 0 Å². The fourth-order valence-corrected chi connectivity index (χ4v) is 2.43. The molecule has 1 aromatic carbocycles. The molecule has 0 unspecified atom stereocenters. The molecule has 1 aromatic heterocycles. The molecule has 0 spiro atoms. The van der Waals surface area contributed by atoms with Gasteiger partial charge in [-0.25, -0.2) is 0 Å². The van der Waals surface area contributed by atoms with Crippen LogP contribution in [0.1, 0.15) is 36.7 Å². The van der Waals surface area contributed by atoms with Crippen molar-refractivity contribution in [3.05, 3.63) is 47.2 Å². The Morgan fingerprint density at radius 1 is 1.20 bits per heavy atom. The van der Waals surface area contributed by atoms with Gasteiger partial charge in [0.2, 0.25) is 11.8 Å². The molecule has 0 aliphatic carbocycles. The van der Waals surface area contributed by atoms with Gasteiger partial charge in [-0.3, -0.25) is 9.59 Å². The maximum atomic E-state index is 12.3. The first kappa shape index (κ1) is 18.7. The van der Waals surface area contributed by atoms with Crippen LogP contribution in [0.15, 0.2) is 34.9 Å². The molecule has 25 heavy (non-hydrogen) atoms. The number of hydrogen-bond acceptors (Lipinski definition) is 4. The first-order valence-electron chi connectivity index (χ1n) is 8.53. The molecule has 0 saturated carbocycles. The molecule has 1 heterocycles. The lowest BCUT2D eigenvalue weighted by Gasteiger charge is -2.16. The Morgan fingerprint density at radius 2 is 1.88 bits per heavy atom. The van der Waals surface area contributed by atoms with Crippen LogP contribution < -0.4 is 5.32 Å². The molecule has 134 valence electrons. The van der Waals surface area contributed by atoms with Gasteiger partial charge < -0.3 is 14.7 Å². The summed E-state index contributed by atoms with van der Waals surface area (Å²) in [4.78, 5) is 25.6. The van der Waals surface area contributed by atoms with Crippen LogP contribution in [0.25, 0.3) is 0 Å². The zero-order valence-corrected chi connectivity index (χ0v) is 15.0. The van der Waals surface area contributed by atoms with Gasteiger partial charge in [0.25, 0.3) is 0 Å². The summed E-state index contributed by atoms with van der Waals surface area (Å²) in [6.45, 7) is 3.88. The second-order valence-electron chi connectivity index (χ2n) is 6.22. The second kappa shape index (κ2) is 9.01. The van der Waals surface area contributed by atoms with Crippen LogP contribution in [0.5, 0.6) is 0 Å². The van der Waals surface area contributed by atoms with Crippen molar-refractivity contribution >= 4 is 17.6 Å². The molecule has 0 radical (unpaired) electrons. The van der Waals surface area contributed by atoms with E-state index in [0.29, 0.717) is 11.6 Å². The van der Waals surface area contributed by atoms with Crippen LogP contribution in [-0.2, 0) is 22.4 Å². The number of unbranched alkanes of at least 4 members (excludes halogenated alkanes) is 1. The molecule has 6 nitrogen and oxygen atoms in total. The van der Waals surface area contributed by atoms with E-state index in [4.69, 9.17) is 4.52 Å². The molecular weight excluding hydrogens is 318 g/mol. The molecule has 0 atom stereocenters. The maximum Gasteiger partial charge on any atom is 0.245 e. The average Bonchev–Trinajstić information content (AvgIpc) is 2.98. The van der Waals surface area contributed by atoms with Gasteiger partial charge in [-0.05, 0) is 30.9 Å². The summed E-state index contributed by atoms with van der Waals surface area (Å²) in [6, 6.07) is 9.72. The quantitative estimate of drug-likeness (QED) is 0.799. The number of rotatable bonds is 8. The molecule has 1 N–H and O–H groups in total. The highest BCUT2D eigenvalue weighted by molar-refractivity contribution is 5.93. The number of aromatic nitrogens is 1. The second-order valence-corrected chi connectivity index (χ2v) is 6.22. The van der Waals surface area contributed by atoms with Crippen molar-refractivity contribution in [2.45, 2.75) is 39.5 Å². The van der Waals surface area contributed by atoms with Gasteiger partial charge in [0.05, 0.1) is 13.0 Å². The summed E-state index contributed by atoms with van der Waals surface area (Å²) < 4.78 is 4.89. The Kier molecular flexibility index (Phi) is 6.74. The maximum absolute atomic E-state index is 12.3. The van der Waals surface area contributed by atoms with Crippen LogP contribution in [-0.4, -0.2) is 35.5 Å². The predicted molar refractivity (Wildman–Crippen MR) is 96.3 cm³/mol. The first-order valence-corrected chi connectivity index (χ1v) is 8.53. The highest BCUT2D eigenvalue weighted by atomic mass is 16.5. The molecule has 0 saturated heterocycles. The van der Waals surface area contributed by atoms with Crippen molar-refractivity contribution in [2.75, 3.05) is 18.9 Å². The van der Waals surface area contributed by atoms with Gasteiger partial charge in [0.1, 0.15) is 5.76 Å². The Hall–Kier alpha value is -2.63. The van der Waals surface area contributed by atoms with Gasteiger partial charge in [0.15, 0.2) is 5.82 Å². The zero-order valence-electron chi connectivity index (χ0n) is 15.0. The molecule has 2 rings (SSSR count). The number of nitrogens with one attached hydrogen (secondary N) is 1. The minimum Gasteiger partial charge on any atom is -0.360 e. The summed E-state index contributed by atoms with van der Waals surface area (Å²) >= 11 is 0. The minimum absolute atomic E-state index is 0.0284. The standard InChI is InChI=1S/C19H25N3O3/c1-4-5-6-15-7-9-16(10-8-15)12-19(24)22(3)13-18(23)20-17-11-14(2)25-21-17/h7-11H,4-6,12-13H2,1-3H3,(H,20,21,23). The van der Waals surface area contributed by atoms with Crippen molar-refractivity contribution in [3.63, 3.8) is 0 Å². The number of likely N-dealkylation sites (N-methyl/N-ethyl adjacent to an activating group) is 1. The van der Waals surface area contributed by atoms with E-state index < -0.39 is 0 Å². The Labute approximate surface area is 148 Å². The lowest BCUT2D eigenvalue weighted by atomic mass is 10.0. The Bertz CT molecular complexity index is 707. The third-order valence-electron chi connectivity index (χ3n) is 3.90. The van der Waals surface area contributed by atoms with Crippen LogP contribution in [0.3, 0.4) is 0 Å². The van der Waals surface area contributed by atoms with Crippen LogP contribution in [0, 0.1) is 6.92 Å². The lowest BCUT2D eigenvalue weighted by molar-refractivity contribution is -0.132. The van der Waals surface area contributed by atoms with Crippen molar-refractivity contribution < 1.29 is 14.1 Å². The summed E-state index contributed by atoms with van der Waals surface area (Å²) in [5, 5.41) is 6.30. The minimum atomic E-state index is -0.306. The van der Waals surface area contributed by atoms with Crippen molar-refractivity contribution in [2.24, 2.45) is 0 Å². The fourth-order valence-electron chi connectivity index (χ4n) is 2.43. The molecule has 2 aromatic rings. The zero-order chi connectivity index (χ0) is 18.2. The highest BCUT2D eigenvalue weighted by Crippen LogP contribution is 2.10. The van der Waals surface area contributed by atoms with Crippen molar-refractivity contribution in [1.29, 1.82) is 0 Å². The van der Waals surface area contributed by atoms with Crippen molar-refractivity contribution in [3.8, 4) is 0 Å². The Balaban J connectivity index is 1.81. The number of benzene rings is 1. The summed E-state index contributed by atoms with van der Waals surface area (Å²) in [7, 11) is 1.62. The average molecular weight is 343 g/mol. The molecule has 2 amide bonds. The lowest BCUT2D eigenvalue weighted by Crippen LogP contribution is -2.35. The van der Waals surface area contributed by atoms with Gasteiger partial charge in [-0.15, -0.1) is 0 Å². The van der Waals surface area contributed by atoms with E-state index in [-0.39, 0.29) is 24.8 Å². The van der Waals surface area contributed by atoms with E-state index in [1.807, 2.05) is 12.1 Å². The monoisotopic (exact) mass is 343 g/mol. The molecule has 6 heteroatoms. The third kappa shape index (κ3) is 6.06. The van der Waals surface area contributed by atoms with Gasteiger partial charge >= 0.3 is 0 Å². The van der Waals surface area contributed by atoms with Crippen LogP contribution in [0.2, 0.25) is 0 Å². The molecular formula is C19H25N3O3. The number of aryl methyl sites for hydroxylation is 2. The van der Waals surface area contributed by atoms with Gasteiger partial charge in [0, 0.05) is 13.1 Å². The Morgan fingerprint density at radius 3 is 2.48 bits per heavy atom. The molecule has 0 fully saturated rings. The largest absolute Gasteiger partial charge is 0.360 e. The first-order chi connectivity index (χ1) is 12.0. The smallest absolute Gasteiger partial charge is 0.245 e. The van der Waals surface area contributed by atoms with Crippen molar-refractivity contribution in [1.82, 2.24) is 10.1 Å². The SMILES string of the molecule is CCCCc1ccc(CC(=O)N(C)CC(=O)Nc2cc(C)on2)cc1.